The Labute approximate surface area is 59.8 Å². The van der Waals surface area contributed by atoms with E-state index in [0.29, 0.717) is 0 Å². The summed E-state index contributed by atoms with van der Waals surface area (Å²) in [6.45, 7) is 11.3. The second kappa shape index (κ2) is 3.02. The minimum atomic E-state index is -1.32. The van der Waals surface area contributed by atoms with Crippen molar-refractivity contribution in [1.82, 2.24) is 0 Å². The average molecular weight is 139 g/mol. The predicted octanol–water partition coefficient (Wildman–Crippen LogP) is 1.33. The van der Waals surface area contributed by atoms with Crippen molar-refractivity contribution in [2.24, 2.45) is 0 Å². The summed E-state index contributed by atoms with van der Waals surface area (Å²) in [7, 11) is 0. The van der Waals surface area contributed by atoms with E-state index in [2.05, 4.69) is 11.4 Å². The van der Waals surface area contributed by atoms with Gasteiger partial charge in [-0.2, -0.15) is 0 Å². The Hall–Kier alpha value is -1.30. The molecule has 0 aromatic rings. The van der Waals surface area contributed by atoms with Crippen molar-refractivity contribution in [3.05, 3.63) is 24.1 Å². The zero-order valence-corrected chi connectivity index (χ0v) is 5.79. The third kappa shape index (κ3) is 1.59. The van der Waals surface area contributed by atoms with Crippen LogP contribution in [0, 0.1) is 6.57 Å². The maximum absolute atomic E-state index is 10.4. The number of carboxylic acids is 1. The molecule has 0 radical (unpaired) electrons. The molecule has 1 unspecified atom stereocenters. The van der Waals surface area contributed by atoms with Crippen molar-refractivity contribution in [3.63, 3.8) is 0 Å². The van der Waals surface area contributed by atoms with Crippen LogP contribution in [-0.4, -0.2) is 16.6 Å². The molecule has 0 saturated heterocycles. The average Bonchev–Trinajstić information content (AvgIpc) is 1.88. The zero-order chi connectivity index (χ0) is 8.20. The predicted molar refractivity (Wildman–Crippen MR) is 37.5 cm³/mol. The highest BCUT2D eigenvalue weighted by molar-refractivity contribution is 5.80. The van der Waals surface area contributed by atoms with E-state index in [-0.39, 0.29) is 6.42 Å². The second-order valence-corrected chi connectivity index (χ2v) is 2.18. The van der Waals surface area contributed by atoms with E-state index in [1.807, 2.05) is 0 Å². The summed E-state index contributed by atoms with van der Waals surface area (Å²) in [6, 6.07) is 0. The minimum Gasteiger partial charge on any atom is -0.475 e. The van der Waals surface area contributed by atoms with Gasteiger partial charge < -0.3 is 5.11 Å². The number of hydrogen-bond acceptors (Lipinski definition) is 1. The minimum absolute atomic E-state index is 0.186. The van der Waals surface area contributed by atoms with Gasteiger partial charge >= 0.3 is 11.5 Å². The van der Waals surface area contributed by atoms with E-state index in [9.17, 15) is 4.79 Å². The molecule has 0 bridgehead atoms. The third-order valence-corrected chi connectivity index (χ3v) is 1.25. The standard InChI is InChI=1S/C7H9NO2/c1-4-5-7(2,8-3)6(9)10/h4H,1,5H2,2H3,(H,9,10). The molecule has 0 aliphatic carbocycles. The summed E-state index contributed by atoms with van der Waals surface area (Å²) in [5, 5.41) is 8.50. The van der Waals surface area contributed by atoms with E-state index in [0.717, 1.165) is 0 Å². The van der Waals surface area contributed by atoms with Crippen LogP contribution in [0.15, 0.2) is 12.7 Å². The highest BCUT2D eigenvalue weighted by Gasteiger charge is 2.38. The molecule has 0 aliphatic rings. The van der Waals surface area contributed by atoms with Crippen LogP contribution in [0.1, 0.15) is 13.3 Å². The number of rotatable bonds is 3. The molecular weight excluding hydrogens is 130 g/mol. The molecule has 0 fully saturated rings. The highest BCUT2D eigenvalue weighted by Crippen LogP contribution is 2.15. The molecular formula is C7H9NO2. The molecule has 0 aromatic carbocycles. The van der Waals surface area contributed by atoms with Crippen LogP contribution >= 0.6 is 0 Å². The third-order valence-electron chi connectivity index (χ3n) is 1.25. The number of hydrogen-bond donors (Lipinski definition) is 1. The maximum atomic E-state index is 10.4. The first kappa shape index (κ1) is 8.70. The Morgan fingerprint density at radius 1 is 2.00 bits per heavy atom. The van der Waals surface area contributed by atoms with Gasteiger partial charge in [-0.15, -0.1) is 6.58 Å². The lowest BCUT2D eigenvalue weighted by Crippen LogP contribution is -2.30. The maximum Gasteiger partial charge on any atom is 0.390 e. The molecule has 10 heavy (non-hydrogen) atoms. The Bertz CT molecular complexity index is 192. The normalized spacial score (nSPS) is 14.8. The quantitative estimate of drug-likeness (QED) is 0.473. The van der Waals surface area contributed by atoms with Gasteiger partial charge in [-0.3, -0.25) is 4.85 Å². The van der Waals surface area contributed by atoms with Crippen LogP contribution in [0.3, 0.4) is 0 Å². The van der Waals surface area contributed by atoms with Crippen molar-refractivity contribution in [1.29, 1.82) is 0 Å². The first-order valence-electron chi connectivity index (χ1n) is 2.79. The Balaban J connectivity index is 4.42. The van der Waals surface area contributed by atoms with Crippen LogP contribution in [0.25, 0.3) is 4.85 Å². The molecule has 0 heterocycles. The van der Waals surface area contributed by atoms with Gasteiger partial charge in [-0.25, -0.2) is 11.4 Å². The van der Waals surface area contributed by atoms with Crippen molar-refractivity contribution in [2.75, 3.05) is 0 Å². The van der Waals surface area contributed by atoms with Crippen LogP contribution in [0.5, 0.6) is 0 Å². The highest BCUT2D eigenvalue weighted by atomic mass is 16.4. The summed E-state index contributed by atoms with van der Waals surface area (Å²) in [6.07, 6.45) is 1.62. The van der Waals surface area contributed by atoms with Gasteiger partial charge in [-0.05, 0) is 0 Å². The van der Waals surface area contributed by atoms with Gasteiger partial charge in [0.05, 0.1) is 6.42 Å². The molecule has 0 rings (SSSR count). The van der Waals surface area contributed by atoms with Crippen molar-refractivity contribution >= 4 is 5.97 Å². The number of nitrogens with zero attached hydrogens (tertiary/aromatic N) is 1. The summed E-state index contributed by atoms with van der Waals surface area (Å²) in [5.41, 5.74) is -1.32. The van der Waals surface area contributed by atoms with E-state index in [4.69, 9.17) is 11.7 Å². The van der Waals surface area contributed by atoms with E-state index in [1.54, 1.807) is 0 Å². The largest absolute Gasteiger partial charge is 0.475 e. The van der Waals surface area contributed by atoms with Gasteiger partial charge in [0.15, 0.2) is 0 Å². The molecule has 3 heteroatoms. The molecule has 1 atom stereocenters. The van der Waals surface area contributed by atoms with Crippen LogP contribution in [0.4, 0.5) is 0 Å². The number of carbonyl (C=O) groups is 1. The number of aliphatic carboxylic acids is 1. The summed E-state index contributed by atoms with van der Waals surface area (Å²) < 4.78 is 0. The monoisotopic (exact) mass is 139 g/mol. The van der Waals surface area contributed by atoms with Crippen molar-refractivity contribution in [3.8, 4) is 0 Å². The molecule has 0 aliphatic heterocycles. The fraction of sp³-hybridized carbons (Fsp3) is 0.429. The van der Waals surface area contributed by atoms with Crippen molar-refractivity contribution < 1.29 is 9.90 Å². The van der Waals surface area contributed by atoms with E-state index in [1.165, 1.54) is 13.0 Å². The molecule has 0 aromatic heterocycles. The second-order valence-electron chi connectivity index (χ2n) is 2.18. The Morgan fingerprint density at radius 3 is 2.60 bits per heavy atom. The summed E-state index contributed by atoms with van der Waals surface area (Å²) >= 11 is 0. The fourth-order valence-electron chi connectivity index (χ4n) is 0.462. The molecule has 0 amide bonds. The Morgan fingerprint density at radius 2 is 2.50 bits per heavy atom. The van der Waals surface area contributed by atoms with Crippen LogP contribution in [0.2, 0.25) is 0 Å². The van der Waals surface area contributed by atoms with Crippen LogP contribution in [-0.2, 0) is 4.79 Å². The van der Waals surface area contributed by atoms with Crippen molar-refractivity contribution in [2.45, 2.75) is 18.9 Å². The molecule has 0 saturated carbocycles. The molecule has 3 nitrogen and oxygen atoms in total. The van der Waals surface area contributed by atoms with Gasteiger partial charge in [0, 0.05) is 6.92 Å². The van der Waals surface area contributed by atoms with Gasteiger partial charge in [0.25, 0.3) is 0 Å². The number of carboxylic acid groups (broad SMARTS) is 1. The van der Waals surface area contributed by atoms with E-state index < -0.39 is 11.5 Å². The molecule has 0 spiro atoms. The molecule has 1 N–H and O–H groups in total. The van der Waals surface area contributed by atoms with Gasteiger partial charge in [0.2, 0.25) is 0 Å². The lowest BCUT2D eigenvalue weighted by Gasteiger charge is -2.07. The topological polar surface area (TPSA) is 41.7 Å². The van der Waals surface area contributed by atoms with E-state index >= 15 is 0 Å². The molecule has 54 valence electrons. The van der Waals surface area contributed by atoms with Gasteiger partial charge in [-0.1, -0.05) is 6.08 Å². The SMILES string of the molecule is [C-]#[N+]C(C)(CC=C)C(=O)O. The first-order valence-corrected chi connectivity index (χ1v) is 2.79. The smallest absolute Gasteiger partial charge is 0.390 e. The fourth-order valence-corrected chi connectivity index (χ4v) is 0.462. The lowest BCUT2D eigenvalue weighted by atomic mass is 10.00. The lowest BCUT2D eigenvalue weighted by molar-refractivity contribution is -0.140. The zero-order valence-electron chi connectivity index (χ0n) is 5.79. The first-order chi connectivity index (χ1) is 4.56. The van der Waals surface area contributed by atoms with Gasteiger partial charge in [0.1, 0.15) is 0 Å². The summed E-state index contributed by atoms with van der Waals surface area (Å²) in [5.74, 6) is -1.10. The van der Waals surface area contributed by atoms with Crippen LogP contribution < -0.4 is 0 Å². The Kier molecular flexibility index (Phi) is 2.63. The summed E-state index contributed by atoms with van der Waals surface area (Å²) in [4.78, 5) is 13.4.